The highest BCUT2D eigenvalue weighted by atomic mass is 16.5. The van der Waals surface area contributed by atoms with E-state index in [2.05, 4.69) is 45.1 Å². The predicted octanol–water partition coefficient (Wildman–Crippen LogP) is 3.16. The monoisotopic (exact) mass is 251 g/mol. The zero-order valence-corrected chi connectivity index (χ0v) is 12.1. The van der Waals surface area contributed by atoms with E-state index in [4.69, 9.17) is 9.47 Å². The maximum atomic E-state index is 6.10. The molecule has 1 unspecified atom stereocenters. The van der Waals surface area contributed by atoms with Gasteiger partial charge in [0.15, 0.2) is 0 Å². The zero-order valence-electron chi connectivity index (χ0n) is 12.1. The van der Waals surface area contributed by atoms with Crippen LogP contribution in [0.5, 0.6) is 5.75 Å². The third kappa shape index (κ3) is 5.07. The van der Waals surface area contributed by atoms with Gasteiger partial charge in [0.25, 0.3) is 0 Å². The molecule has 0 aromatic heterocycles. The second-order valence-corrected chi connectivity index (χ2v) is 5.30. The molecule has 0 aliphatic heterocycles. The Balaban J connectivity index is 2.79. The summed E-state index contributed by atoms with van der Waals surface area (Å²) in [5, 5.41) is 3.34. The van der Waals surface area contributed by atoms with Crippen LogP contribution in [-0.2, 0) is 4.74 Å². The predicted molar refractivity (Wildman–Crippen MR) is 75.1 cm³/mol. The summed E-state index contributed by atoms with van der Waals surface area (Å²) in [6.45, 7) is 10.1. The average Bonchev–Trinajstić information content (AvgIpc) is 2.33. The lowest BCUT2D eigenvalue weighted by atomic mass is 10.1. The van der Waals surface area contributed by atoms with Gasteiger partial charge in [-0.25, -0.2) is 0 Å². The van der Waals surface area contributed by atoms with Crippen molar-refractivity contribution in [2.24, 2.45) is 0 Å². The molecule has 3 heteroatoms. The van der Waals surface area contributed by atoms with Crippen LogP contribution in [0.3, 0.4) is 0 Å². The van der Waals surface area contributed by atoms with Crippen molar-refractivity contribution in [2.45, 2.75) is 39.4 Å². The van der Waals surface area contributed by atoms with E-state index in [1.165, 1.54) is 5.56 Å². The highest BCUT2D eigenvalue weighted by Gasteiger charge is 2.20. The van der Waals surface area contributed by atoms with Gasteiger partial charge in [0, 0.05) is 6.54 Å². The van der Waals surface area contributed by atoms with Crippen molar-refractivity contribution in [1.29, 1.82) is 0 Å². The number of ether oxygens (including phenoxy) is 2. The van der Waals surface area contributed by atoms with E-state index in [-0.39, 0.29) is 11.7 Å². The SMILES string of the molecule is CCNCC(OC(C)(C)C)c1ccc(OC)cc1. The van der Waals surface area contributed by atoms with Crippen LogP contribution in [0.2, 0.25) is 0 Å². The highest BCUT2D eigenvalue weighted by Crippen LogP contribution is 2.25. The minimum atomic E-state index is -0.153. The summed E-state index contributed by atoms with van der Waals surface area (Å²) in [4.78, 5) is 0. The van der Waals surface area contributed by atoms with E-state index < -0.39 is 0 Å². The standard InChI is InChI=1S/C15H25NO2/c1-6-16-11-14(18-15(2,3)4)12-7-9-13(17-5)10-8-12/h7-10,14,16H,6,11H2,1-5H3. The van der Waals surface area contributed by atoms with Crippen molar-refractivity contribution in [3.05, 3.63) is 29.8 Å². The fourth-order valence-corrected chi connectivity index (χ4v) is 1.75. The Kier molecular flexibility index (Phi) is 5.63. The molecular weight excluding hydrogens is 226 g/mol. The summed E-state index contributed by atoms with van der Waals surface area (Å²) in [7, 11) is 1.68. The maximum absolute atomic E-state index is 6.10. The van der Waals surface area contributed by atoms with Crippen molar-refractivity contribution < 1.29 is 9.47 Å². The lowest BCUT2D eigenvalue weighted by Gasteiger charge is -2.28. The lowest BCUT2D eigenvalue weighted by molar-refractivity contribution is -0.0604. The third-order valence-corrected chi connectivity index (χ3v) is 2.56. The Morgan fingerprint density at radius 3 is 2.22 bits per heavy atom. The van der Waals surface area contributed by atoms with Gasteiger partial charge in [-0.1, -0.05) is 19.1 Å². The molecule has 0 spiro atoms. The molecule has 0 saturated heterocycles. The molecule has 0 aliphatic carbocycles. The summed E-state index contributed by atoms with van der Waals surface area (Å²) in [6, 6.07) is 8.07. The Morgan fingerprint density at radius 1 is 1.17 bits per heavy atom. The topological polar surface area (TPSA) is 30.5 Å². The Morgan fingerprint density at radius 2 is 1.78 bits per heavy atom. The van der Waals surface area contributed by atoms with Crippen molar-refractivity contribution in [3.63, 3.8) is 0 Å². The Bertz CT molecular complexity index is 341. The van der Waals surface area contributed by atoms with E-state index in [0.29, 0.717) is 0 Å². The smallest absolute Gasteiger partial charge is 0.118 e. The molecule has 0 bridgehead atoms. The minimum Gasteiger partial charge on any atom is -0.497 e. The van der Waals surface area contributed by atoms with Gasteiger partial charge in [-0.05, 0) is 45.0 Å². The molecule has 0 fully saturated rings. The largest absolute Gasteiger partial charge is 0.497 e. The van der Waals surface area contributed by atoms with Gasteiger partial charge in [0.05, 0.1) is 18.8 Å². The first kappa shape index (κ1) is 15.0. The molecule has 0 heterocycles. The van der Waals surface area contributed by atoms with Crippen molar-refractivity contribution in [3.8, 4) is 5.75 Å². The number of nitrogens with one attached hydrogen (secondary N) is 1. The van der Waals surface area contributed by atoms with Crippen molar-refractivity contribution in [1.82, 2.24) is 5.32 Å². The average molecular weight is 251 g/mol. The number of methoxy groups -OCH3 is 1. The normalized spacial score (nSPS) is 13.4. The first-order chi connectivity index (χ1) is 8.46. The van der Waals surface area contributed by atoms with Crippen LogP contribution in [0.15, 0.2) is 24.3 Å². The first-order valence-corrected chi connectivity index (χ1v) is 6.48. The lowest BCUT2D eigenvalue weighted by Crippen LogP contribution is -2.29. The van der Waals surface area contributed by atoms with Gasteiger partial charge in [0.2, 0.25) is 0 Å². The maximum Gasteiger partial charge on any atom is 0.118 e. The summed E-state index contributed by atoms with van der Waals surface area (Å²) in [6.07, 6.45) is 0.0656. The Hall–Kier alpha value is -1.06. The van der Waals surface area contributed by atoms with E-state index in [1.807, 2.05) is 12.1 Å². The van der Waals surface area contributed by atoms with Crippen LogP contribution in [0.1, 0.15) is 39.4 Å². The van der Waals surface area contributed by atoms with E-state index >= 15 is 0 Å². The second-order valence-electron chi connectivity index (χ2n) is 5.30. The molecule has 0 aliphatic rings. The zero-order chi connectivity index (χ0) is 13.6. The summed E-state index contributed by atoms with van der Waals surface area (Å²) in [5.74, 6) is 0.872. The molecule has 18 heavy (non-hydrogen) atoms. The molecule has 3 nitrogen and oxygen atoms in total. The Labute approximate surface area is 110 Å². The third-order valence-electron chi connectivity index (χ3n) is 2.56. The van der Waals surface area contributed by atoms with E-state index in [1.54, 1.807) is 7.11 Å². The number of benzene rings is 1. The minimum absolute atomic E-state index is 0.0656. The van der Waals surface area contributed by atoms with Gasteiger partial charge in [-0.2, -0.15) is 0 Å². The van der Waals surface area contributed by atoms with Crippen LogP contribution in [0.25, 0.3) is 0 Å². The molecule has 0 amide bonds. The fourth-order valence-electron chi connectivity index (χ4n) is 1.75. The molecule has 1 aromatic carbocycles. The molecule has 1 aromatic rings. The molecule has 0 radical (unpaired) electrons. The van der Waals surface area contributed by atoms with Gasteiger partial charge in [-0.3, -0.25) is 0 Å². The van der Waals surface area contributed by atoms with Gasteiger partial charge in [0.1, 0.15) is 5.75 Å². The van der Waals surface area contributed by atoms with Crippen LogP contribution in [-0.4, -0.2) is 25.8 Å². The van der Waals surface area contributed by atoms with Crippen LogP contribution in [0, 0.1) is 0 Å². The van der Waals surface area contributed by atoms with Crippen molar-refractivity contribution >= 4 is 0 Å². The van der Waals surface area contributed by atoms with E-state index in [0.717, 1.165) is 18.8 Å². The molecular formula is C15H25NO2. The first-order valence-electron chi connectivity index (χ1n) is 6.48. The quantitative estimate of drug-likeness (QED) is 0.842. The van der Waals surface area contributed by atoms with Gasteiger partial charge < -0.3 is 14.8 Å². The molecule has 102 valence electrons. The highest BCUT2D eigenvalue weighted by molar-refractivity contribution is 5.28. The van der Waals surface area contributed by atoms with Gasteiger partial charge >= 0.3 is 0 Å². The molecule has 1 atom stereocenters. The second kappa shape index (κ2) is 6.76. The van der Waals surface area contributed by atoms with Crippen molar-refractivity contribution in [2.75, 3.05) is 20.2 Å². The summed E-state index contributed by atoms with van der Waals surface area (Å²) < 4.78 is 11.3. The fraction of sp³-hybridized carbons (Fsp3) is 0.600. The van der Waals surface area contributed by atoms with E-state index in [9.17, 15) is 0 Å². The molecule has 0 saturated carbocycles. The molecule has 1 rings (SSSR count). The van der Waals surface area contributed by atoms with Gasteiger partial charge in [-0.15, -0.1) is 0 Å². The number of rotatable bonds is 6. The number of likely N-dealkylation sites (N-methyl/N-ethyl adjacent to an activating group) is 1. The van der Waals surface area contributed by atoms with Crippen LogP contribution in [0.4, 0.5) is 0 Å². The van der Waals surface area contributed by atoms with Crippen LogP contribution >= 0.6 is 0 Å². The molecule has 1 N–H and O–H groups in total. The number of hydrogen-bond acceptors (Lipinski definition) is 3. The number of hydrogen-bond donors (Lipinski definition) is 1. The van der Waals surface area contributed by atoms with Crippen LogP contribution < -0.4 is 10.1 Å². The summed E-state index contributed by atoms with van der Waals surface area (Å²) >= 11 is 0. The summed E-state index contributed by atoms with van der Waals surface area (Å²) in [5.41, 5.74) is 1.02.